The van der Waals surface area contributed by atoms with Gasteiger partial charge in [0.2, 0.25) is 0 Å². The van der Waals surface area contributed by atoms with Gasteiger partial charge in [0.05, 0.1) is 35.9 Å². The summed E-state index contributed by atoms with van der Waals surface area (Å²) in [6, 6.07) is 8.02. The van der Waals surface area contributed by atoms with Gasteiger partial charge < -0.3 is 20.7 Å². The maximum absolute atomic E-state index is 13.5. The number of aryl methyl sites for hydroxylation is 2. The van der Waals surface area contributed by atoms with Gasteiger partial charge in [0.1, 0.15) is 11.6 Å². The fourth-order valence-corrected chi connectivity index (χ4v) is 3.04. The first kappa shape index (κ1) is 27.5. The number of hydrogen-bond acceptors (Lipinski definition) is 4. The molecule has 0 aliphatic rings. The fraction of sp³-hybridized carbons (Fsp3) is 0.429. The summed E-state index contributed by atoms with van der Waals surface area (Å²) in [5, 5.41) is 18.4. The lowest BCUT2D eigenvalue weighted by Gasteiger charge is -2.24. The van der Waals surface area contributed by atoms with Gasteiger partial charge >= 0.3 is 6.18 Å². The molecule has 4 N–H and O–H groups in total. The van der Waals surface area contributed by atoms with Crippen molar-refractivity contribution in [3.8, 4) is 5.75 Å². The third-order valence-electron chi connectivity index (χ3n) is 4.74. The van der Waals surface area contributed by atoms with Crippen LogP contribution in [0.25, 0.3) is 0 Å². The van der Waals surface area contributed by atoms with E-state index in [4.69, 9.17) is 22.1 Å². The van der Waals surface area contributed by atoms with E-state index in [9.17, 15) is 27.8 Å². The average molecular weight is 486 g/mol. The van der Waals surface area contributed by atoms with Crippen molar-refractivity contribution in [3.05, 3.63) is 63.9 Å². The first-order chi connectivity index (χ1) is 14.1. The van der Waals surface area contributed by atoms with Gasteiger partial charge in [-0.2, -0.15) is 13.2 Å². The van der Waals surface area contributed by atoms with Gasteiger partial charge in [-0.25, -0.2) is 4.39 Å². The highest BCUT2D eigenvalue weighted by molar-refractivity contribution is 6.30. The zero-order valence-corrected chi connectivity index (χ0v) is 18.2. The number of aliphatic hydroxyl groups excluding tert-OH is 2. The Kier molecular flexibility index (Phi) is 10.5. The second kappa shape index (κ2) is 11.9. The summed E-state index contributed by atoms with van der Waals surface area (Å²) in [4.78, 5) is 0. The molecule has 0 aromatic heterocycles. The van der Waals surface area contributed by atoms with Gasteiger partial charge in [-0.3, -0.25) is 0 Å². The van der Waals surface area contributed by atoms with Crippen LogP contribution in [0.2, 0.25) is 5.02 Å². The number of nitrogens with two attached hydrogens (primary N) is 1. The molecule has 31 heavy (non-hydrogen) atoms. The molecule has 0 heterocycles. The molecule has 2 aromatic carbocycles. The van der Waals surface area contributed by atoms with Crippen LogP contribution in [-0.2, 0) is 19.0 Å². The van der Waals surface area contributed by atoms with E-state index in [1.165, 1.54) is 24.3 Å². The Bertz CT molecular complexity index is 846. The van der Waals surface area contributed by atoms with Crippen LogP contribution < -0.4 is 10.5 Å². The van der Waals surface area contributed by atoms with Crippen LogP contribution in [0.1, 0.15) is 29.5 Å². The number of alkyl halides is 3. The highest BCUT2D eigenvalue weighted by Crippen LogP contribution is 2.37. The SMILES string of the molecule is Cl.NC(CO)(CO)CCc1ccc(OCCCc2ccc(F)c(Cl)c2)c(C(F)(F)F)c1. The van der Waals surface area contributed by atoms with Gasteiger partial charge in [0.15, 0.2) is 0 Å². The zero-order valence-electron chi connectivity index (χ0n) is 16.6. The summed E-state index contributed by atoms with van der Waals surface area (Å²) in [6.45, 7) is -0.912. The lowest BCUT2D eigenvalue weighted by Crippen LogP contribution is -2.47. The number of halogens is 6. The van der Waals surface area contributed by atoms with Crippen molar-refractivity contribution in [1.29, 1.82) is 0 Å². The van der Waals surface area contributed by atoms with Crippen LogP contribution >= 0.6 is 24.0 Å². The molecule has 0 amide bonds. The van der Waals surface area contributed by atoms with E-state index in [-0.39, 0.29) is 42.6 Å². The molecule has 0 fully saturated rings. The standard InChI is InChI=1S/C21H24ClF4NO3.ClH/c22-17-11-14(3-5-18(17)23)2-1-9-30-19-6-4-15(10-16(19)21(24,25)26)7-8-20(27,12-28)13-29;/h3-6,10-11,28-29H,1-2,7-9,12-13,27H2;1H. The van der Waals surface area contributed by atoms with E-state index in [0.29, 0.717) is 18.4 Å². The minimum atomic E-state index is -4.61. The molecule has 4 nitrogen and oxygen atoms in total. The summed E-state index contributed by atoms with van der Waals surface area (Å²) in [6.07, 6.45) is -3.43. The van der Waals surface area contributed by atoms with Crippen LogP contribution in [0.15, 0.2) is 36.4 Å². The molecular formula is C21H25Cl2F4NO3. The fourth-order valence-electron chi connectivity index (χ4n) is 2.83. The van der Waals surface area contributed by atoms with Crippen molar-refractivity contribution in [2.45, 2.75) is 37.4 Å². The molecule has 0 saturated heterocycles. The molecule has 0 saturated carbocycles. The number of rotatable bonds is 10. The van der Waals surface area contributed by atoms with E-state index in [2.05, 4.69) is 0 Å². The molecule has 0 bridgehead atoms. The second-order valence-corrected chi connectivity index (χ2v) is 7.61. The maximum atomic E-state index is 13.5. The van der Waals surface area contributed by atoms with Crippen molar-refractivity contribution in [2.75, 3.05) is 19.8 Å². The lowest BCUT2D eigenvalue weighted by atomic mass is 9.93. The molecular weight excluding hydrogens is 461 g/mol. The Hall–Kier alpha value is -1.58. The van der Waals surface area contributed by atoms with Crippen molar-refractivity contribution in [3.63, 3.8) is 0 Å². The molecule has 0 atom stereocenters. The molecule has 0 radical (unpaired) electrons. The lowest BCUT2D eigenvalue weighted by molar-refractivity contribution is -0.139. The molecule has 10 heteroatoms. The van der Waals surface area contributed by atoms with Gasteiger partial charge in [-0.05, 0) is 61.1 Å². The first-order valence-electron chi connectivity index (χ1n) is 9.35. The van der Waals surface area contributed by atoms with Gasteiger partial charge in [-0.15, -0.1) is 12.4 Å². The normalized spacial score (nSPS) is 11.9. The number of hydrogen-bond donors (Lipinski definition) is 3. The first-order valence-corrected chi connectivity index (χ1v) is 9.73. The maximum Gasteiger partial charge on any atom is 0.419 e. The average Bonchev–Trinajstić information content (AvgIpc) is 2.71. The van der Waals surface area contributed by atoms with Crippen LogP contribution in [0.4, 0.5) is 17.6 Å². The highest BCUT2D eigenvalue weighted by Gasteiger charge is 2.35. The second-order valence-electron chi connectivity index (χ2n) is 7.21. The van der Waals surface area contributed by atoms with Crippen LogP contribution in [0, 0.1) is 5.82 Å². The van der Waals surface area contributed by atoms with Crippen LogP contribution in [0.5, 0.6) is 5.75 Å². The van der Waals surface area contributed by atoms with Crippen LogP contribution in [-0.4, -0.2) is 35.6 Å². The minimum absolute atomic E-state index is 0. The minimum Gasteiger partial charge on any atom is -0.493 e. The van der Waals surface area contributed by atoms with Gasteiger partial charge in [0, 0.05) is 0 Å². The largest absolute Gasteiger partial charge is 0.493 e. The topological polar surface area (TPSA) is 75.7 Å². The number of benzene rings is 2. The Morgan fingerprint density at radius 2 is 1.58 bits per heavy atom. The molecule has 0 aliphatic heterocycles. The molecule has 174 valence electrons. The molecule has 2 aromatic rings. The number of ether oxygens (including phenoxy) is 1. The molecule has 0 unspecified atom stereocenters. The summed E-state index contributed by atoms with van der Waals surface area (Å²) in [5.41, 5.74) is 4.74. The predicted molar refractivity (Wildman–Crippen MR) is 113 cm³/mol. The Morgan fingerprint density at radius 3 is 2.16 bits per heavy atom. The third kappa shape index (κ3) is 8.12. The van der Waals surface area contributed by atoms with Crippen molar-refractivity contribution >= 4 is 24.0 Å². The highest BCUT2D eigenvalue weighted by atomic mass is 35.5. The Morgan fingerprint density at radius 1 is 0.968 bits per heavy atom. The van der Waals surface area contributed by atoms with E-state index in [1.54, 1.807) is 6.07 Å². The summed E-state index contributed by atoms with van der Waals surface area (Å²) in [7, 11) is 0. The predicted octanol–water partition coefficient (Wildman–Crippen LogP) is 4.55. The van der Waals surface area contributed by atoms with Crippen molar-refractivity contribution < 1.29 is 32.5 Å². The van der Waals surface area contributed by atoms with Crippen molar-refractivity contribution in [1.82, 2.24) is 0 Å². The van der Waals surface area contributed by atoms with Crippen LogP contribution in [0.3, 0.4) is 0 Å². The van der Waals surface area contributed by atoms with Gasteiger partial charge in [-0.1, -0.05) is 23.7 Å². The van der Waals surface area contributed by atoms with E-state index in [0.717, 1.165) is 11.6 Å². The molecule has 0 aliphatic carbocycles. The Labute approximate surface area is 189 Å². The van der Waals surface area contributed by atoms with E-state index < -0.39 is 36.3 Å². The van der Waals surface area contributed by atoms with Crippen molar-refractivity contribution in [2.24, 2.45) is 5.73 Å². The summed E-state index contributed by atoms with van der Waals surface area (Å²) in [5.74, 6) is -0.817. The molecule has 0 spiro atoms. The quantitative estimate of drug-likeness (QED) is 0.341. The third-order valence-corrected chi connectivity index (χ3v) is 5.03. The van der Waals surface area contributed by atoms with Gasteiger partial charge in [0.25, 0.3) is 0 Å². The summed E-state index contributed by atoms with van der Waals surface area (Å²) >= 11 is 5.71. The van der Waals surface area contributed by atoms with E-state index in [1.807, 2.05) is 0 Å². The summed E-state index contributed by atoms with van der Waals surface area (Å²) < 4.78 is 58.9. The smallest absolute Gasteiger partial charge is 0.419 e. The van der Waals surface area contributed by atoms with E-state index >= 15 is 0 Å². The zero-order chi connectivity index (χ0) is 22.4. The molecule has 2 rings (SSSR count). The monoisotopic (exact) mass is 485 g/mol. The number of aliphatic hydroxyl groups is 2. The Balaban J connectivity index is 0.00000480.